The second kappa shape index (κ2) is 7.95. The topological polar surface area (TPSA) is 70.7 Å². The van der Waals surface area contributed by atoms with Gasteiger partial charge in [0.25, 0.3) is 5.91 Å². The van der Waals surface area contributed by atoms with Gasteiger partial charge in [0.05, 0.1) is 21.9 Å². The van der Waals surface area contributed by atoms with Gasteiger partial charge in [-0.15, -0.1) is 11.3 Å². The van der Waals surface area contributed by atoms with Crippen LogP contribution in [0.25, 0.3) is 0 Å². The molecule has 2 aromatic carbocycles. The van der Waals surface area contributed by atoms with Gasteiger partial charge >= 0.3 is 0 Å². The van der Waals surface area contributed by atoms with E-state index < -0.39 is 0 Å². The number of rotatable bonds is 6. The quantitative estimate of drug-likeness (QED) is 0.630. The van der Waals surface area contributed by atoms with Gasteiger partial charge in [-0.2, -0.15) is 0 Å². The van der Waals surface area contributed by atoms with Crippen molar-refractivity contribution in [2.75, 3.05) is 17.3 Å². The van der Waals surface area contributed by atoms with Crippen LogP contribution in [0.1, 0.15) is 15.2 Å². The smallest absolute Gasteiger partial charge is 0.265 e. The Morgan fingerprint density at radius 2 is 1.96 bits per heavy atom. The summed E-state index contributed by atoms with van der Waals surface area (Å²) in [5.41, 5.74) is 10.0. The van der Waals surface area contributed by atoms with Crippen molar-refractivity contribution >= 4 is 46.7 Å². The lowest BCUT2D eigenvalue weighted by atomic mass is 10.2. The van der Waals surface area contributed by atoms with Gasteiger partial charge in [-0.25, -0.2) is 0 Å². The molecule has 0 atom stereocenters. The minimum atomic E-state index is -0.134. The summed E-state index contributed by atoms with van der Waals surface area (Å²) < 4.78 is 0. The lowest BCUT2D eigenvalue weighted by Crippen LogP contribution is -2.11. The molecule has 3 rings (SSSR count). The molecule has 1 aromatic heterocycles. The third-order valence-electron chi connectivity index (χ3n) is 4.06. The Labute approximate surface area is 156 Å². The van der Waals surface area contributed by atoms with Crippen LogP contribution in [-0.2, 0) is 6.54 Å². The zero-order valence-corrected chi connectivity index (χ0v) is 15.3. The molecule has 5 nitrogen and oxygen atoms in total. The van der Waals surface area contributed by atoms with Crippen LogP contribution in [0, 0.1) is 0 Å². The minimum absolute atomic E-state index is 0.134. The first-order valence-electron chi connectivity index (χ1n) is 8.10. The molecule has 0 aliphatic heterocycles. The van der Waals surface area contributed by atoms with Crippen molar-refractivity contribution in [3.63, 3.8) is 0 Å². The van der Waals surface area contributed by atoms with Crippen LogP contribution in [0.3, 0.4) is 0 Å². The van der Waals surface area contributed by atoms with E-state index in [-0.39, 0.29) is 5.91 Å². The first-order chi connectivity index (χ1) is 12.6. The number of carbonyl (C=O) groups is 1. The number of carbonyl (C=O) groups excluding carboxylic acids is 1. The first kappa shape index (κ1) is 17.8. The molecule has 0 saturated carbocycles. The summed E-state index contributed by atoms with van der Waals surface area (Å²) in [5, 5.41) is 4.86. The molecule has 0 saturated heterocycles. The van der Waals surface area contributed by atoms with Crippen molar-refractivity contribution in [3.8, 4) is 0 Å². The molecule has 0 aliphatic carbocycles. The zero-order valence-electron chi connectivity index (χ0n) is 14.5. The van der Waals surface area contributed by atoms with Crippen LogP contribution < -0.4 is 16.0 Å². The van der Waals surface area contributed by atoms with E-state index in [9.17, 15) is 4.79 Å². The molecule has 0 spiro atoms. The number of hydrogen-bond donors (Lipinski definition) is 2. The van der Waals surface area contributed by atoms with E-state index in [0.29, 0.717) is 11.4 Å². The number of nitrogens with zero attached hydrogens (tertiary/aromatic N) is 2. The Bertz CT molecular complexity index is 918. The molecule has 3 N–H and O–H groups in total. The highest BCUT2D eigenvalue weighted by molar-refractivity contribution is 7.12. The lowest BCUT2D eigenvalue weighted by molar-refractivity contribution is 0.103. The van der Waals surface area contributed by atoms with Crippen LogP contribution in [0.15, 0.2) is 65.0 Å². The standard InChI is InChI=1S/C20H20N4OS/c1-22-17-5-3-4-6-18(17)24(2)16-11-19(26-13-16)20(25)23-15-9-7-14(12-21)8-10-15/h3-11,13H,1,12,21H2,2H3,(H,23,25). The van der Waals surface area contributed by atoms with Crippen molar-refractivity contribution in [1.29, 1.82) is 0 Å². The van der Waals surface area contributed by atoms with Gasteiger partial charge in [-0.3, -0.25) is 9.79 Å². The molecular formula is C20H20N4OS. The predicted octanol–water partition coefficient (Wildman–Crippen LogP) is 4.56. The molecule has 0 radical (unpaired) electrons. The number of amides is 1. The largest absolute Gasteiger partial charge is 0.342 e. The maximum absolute atomic E-state index is 12.5. The highest BCUT2D eigenvalue weighted by Gasteiger charge is 2.14. The number of nitrogens with one attached hydrogen (secondary N) is 1. The van der Waals surface area contributed by atoms with Gasteiger partial charge in [0.1, 0.15) is 0 Å². The Morgan fingerprint density at radius 1 is 1.23 bits per heavy atom. The molecule has 6 heteroatoms. The molecule has 26 heavy (non-hydrogen) atoms. The number of para-hydroxylation sites is 2. The SMILES string of the molecule is C=Nc1ccccc1N(C)c1csc(C(=O)Nc2ccc(CN)cc2)c1. The molecule has 0 bridgehead atoms. The second-order valence-corrected chi connectivity index (χ2v) is 6.64. The number of nitrogens with two attached hydrogens (primary N) is 1. The molecular weight excluding hydrogens is 344 g/mol. The Kier molecular flexibility index (Phi) is 5.46. The van der Waals surface area contributed by atoms with Gasteiger partial charge in [0, 0.05) is 24.7 Å². The maximum Gasteiger partial charge on any atom is 0.265 e. The average molecular weight is 364 g/mol. The van der Waals surface area contributed by atoms with Crippen LogP contribution in [0.2, 0.25) is 0 Å². The third kappa shape index (κ3) is 3.82. The van der Waals surface area contributed by atoms with Gasteiger partial charge in [0.2, 0.25) is 0 Å². The minimum Gasteiger partial charge on any atom is -0.342 e. The fourth-order valence-electron chi connectivity index (χ4n) is 2.56. The highest BCUT2D eigenvalue weighted by atomic mass is 32.1. The number of anilines is 3. The number of hydrogen-bond acceptors (Lipinski definition) is 5. The monoisotopic (exact) mass is 364 g/mol. The molecule has 1 amide bonds. The number of thiophene rings is 1. The lowest BCUT2D eigenvalue weighted by Gasteiger charge is -2.19. The summed E-state index contributed by atoms with van der Waals surface area (Å²) in [6, 6.07) is 17.1. The molecule has 0 unspecified atom stereocenters. The van der Waals surface area contributed by atoms with E-state index in [1.54, 1.807) is 0 Å². The van der Waals surface area contributed by atoms with E-state index in [0.717, 1.165) is 28.3 Å². The molecule has 0 aliphatic rings. The van der Waals surface area contributed by atoms with Crippen molar-refractivity contribution in [2.45, 2.75) is 6.54 Å². The van der Waals surface area contributed by atoms with Crippen molar-refractivity contribution in [2.24, 2.45) is 10.7 Å². The summed E-state index contributed by atoms with van der Waals surface area (Å²) in [4.78, 5) is 19.2. The Balaban J connectivity index is 1.76. The zero-order chi connectivity index (χ0) is 18.5. The van der Waals surface area contributed by atoms with E-state index in [1.165, 1.54) is 11.3 Å². The Morgan fingerprint density at radius 3 is 2.65 bits per heavy atom. The number of benzene rings is 2. The molecule has 1 heterocycles. The normalized spacial score (nSPS) is 10.4. The van der Waals surface area contributed by atoms with Crippen molar-refractivity contribution in [3.05, 3.63) is 70.4 Å². The fraction of sp³-hybridized carbons (Fsp3) is 0.100. The average Bonchev–Trinajstić information content (AvgIpc) is 3.18. The fourth-order valence-corrected chi connectivity index (χ4v) is 3.38. The van der Waals surface area contributed by atoms with Crippen molar-refractivity contribution in [1.82, 2.24) is 0 Å². The van der Waals surface area contributed by atoms with E-state index in [1.807, 2.05) is 71.9 Å². The van der Waals surface area contributed by atoms with Crippen LogP contribution in [0.5, 0.6) is 0 Å². The second-order valence-electron chi connectivity index (χ2n) is 5.73. The van der Waals surface area contributed by atoms with Gasteiger partial charge in [0.15, 0.2) is 0 Å². The van der Waals surface area contributed by atoms with E-state index in [4.69, 9.17) is 5.73 Å². The highest BCUT2D eigenvalue weighted by Crippen LogP contribution is 2.34. The summed E-state index contributed by atoms with van der Waals surface area (Å²) >= 11 is 1.40. The summed E-state index contributed by atoms with van der Waals surface area (Å²) in [6.45, 7) is 4.10. The van der Waals surface area contributed by atoms with Gasteiger partial charge < -0.3 is 16.0 Å². The summed E-state index contributed by atoms with van der Waals surface area (Å²) in [6.07, 6.45) is 0. The first-order valence-corrected chi connectivity index (χ1v) is 8.98. The van der Waals surface area contributed by atoms with Gasteiger partial charge in [-0.1, -0.05) is 24.3 Å². The summed E-state index contributed by atoms with van der Waals surface area (Å²) in [5.74, 6) is -0.134. The molecule has 3 aromatic rings. The van der Waals surface area contributed by atoms with Crippen LogP contribution in [-0.4, -0.2) is 19.7 Å². The van der Waals surface area contributed by atoms with Gasteiger partial charge in [-0.05, 0) is 42.6 Å². The van der Waals surface area contributed by atoms with E-state index in [2.05, 4.69) is 17.0 Å². The third-order valence-corrected chi connectivity index (χ3v) is 4.97. The van der Waals surface area contributed by atoms with Crippen LogP contribution in [0.4, 0.5) is 22.7 Å². The molecule has 132 valence electrons. The van der Waals surface area contributed by atoms with E-state index >= 15 is 0 Å². The maximum atomic E-state index is 12.5. The predicted molar refractivity (Wildman–Crippen MR) is 110 cm³/mol. The van der Waals surface area contributed by atoms with Crippen molar-refractivity contribution < 1.29 is 4.79 Å². The summed E-state index contributed by atoms with van der Waals surface area (Å²) in [7, 11) is 1.94. The number of aliphatic imine (C=N–C) groups is 1. The Hall–Kier alpha value is -2.96. The van der Waals surface area contributed by atoms with Crippen LogP contribution >= 0.6 is 11.3 Å². The molecule has 0 fully saturated rings.